The molecule has 11 nitrogen and oxygen atoms in total. The zero-order valence-corrected chi connectivity index (χ0v) is 24.1. The van der Waals surface area contributed by atoms with Crippen molar-refractivity contribution >= 4 is 23.6 Å². The molecule has 0 aliphatic carbocycles. The second kappa shape index (κ2) is 16.1. The number of aryl methyl sites for hydroxylation is 1. The SMILES string of the molecule is COc1ccc2cc1OCC(=O)N[C@@H](C)C(=O)N(C)CCCCN(C(=O)[C@H]1CCCCN1)CCCNC(=O)CC2. The lowest BCUT2D eigenvalue weighted by Crippen LogP contribution is -2.49. The van der Waals surface area contributed by atoms with Gasteiger partial charge in [-0.2, -0.15) is 0 Å². The Morgan fingerprint density at radius 3 is 2.50 bits per heavy atom. The zero-order chi connectivity index (χ0) is 28.9. The van der Waals surface area contributed by atoms with Gasteiger partial charge in [0, 0.05) is 39.6 Å². The Kier molecular flexibility index (Phi) is 12.5. The third-order valence-electron chi connectivity index (χ3n) is 7.37. The van der Waals surface area contributed by atoms with Crippen molar-refractivity contribution in [1.82, 2.24) is 25.8 Å². The molecule has 2 atom stereocenters. The Labute approximate surface area is 237 Å². The summed E-state index contributed by atoms with van der Waals surface area (Å²) >= 11 is 0. The third kappa shape index (κ3) is 9.69. The molecule has 1 aromatic rings. The number of rotatable bonds is 2. The van der Waals surface area contributed by atoms with Gasteiger partial charge in [-0.1, -0.05) is 12.5 Å². The highest BCUT2D eigenvalue weighted by Crippen LogP contribution is 2.28. The van der Waals surface area contributed by atoms with Gasteiger partial charge in [0.05, 0.1) is 13.2 Å². The molecule has 2 heterocycles. The summed E-state index contributed by atoms with van der Waals surface area (Å²) in [5.74, 6) is 0.304. The fourth-order valence-corrected chi connectivity index (χ4v) is 5.03. The number of carbonyl (C=O) groups is 4. The maximum absolute atomic E-state index is 13.2. The smallest absolute Gasteiger partial charge is 0.258 e. The first-order valence-electron chi connectivity index (χ1n) is 14.4. The molecule has 0 saturated carbocycles. The topological polar surface area (TPSA) is 129 Å². The fourth-order valence-electron chi connectivity index (χ4n) is 5.03. The van der Waals surface area contributed by atoms with Gasteiger partial charge in [-0.15, -0.1) is 0 Å². The normalized spacial score (nSPS) is 23.1. The van der Waals surface area contributed by atoms with Crippen LogP contribution in [0.3, 0.4) is 0 Å². The number of benzene rings is 1. The third-order valence-corrected chi connectivity index (χ3v) is 7.37. The Bertz CT molecular complexity index is 1010. The van der Waals surface area contributed by atoms with E-state index in [0.717, 1.165) is 44.2 Å². The van der Waals surface area contributed by atoms with Crippen molar-refractivity contribution in [2.24, 2.45) is 0 Å². The number of hydrogen-bond donors (Lipinski definition) is 3. The molecule has 2 aliphatic rings. The molecule has 0 aromatic heterocycles. The van der Waals surface area contributed by atoms with E-state index >= 15 is 0 Å². The van der Waals surface area contributed by atoms with Gasteiger partial charge in [0.25, 0.3) is 5.91 Å². The number of nitrogens with one attached hydrogen (secondary N) is 3. The van der Waals surface area contributed by atoms with Crippen molar-refractivity contribution < 1.29 is 28.7 Å². The minimum Gasteiger partial charge on any atom is -0.493 e. The summed E-state index contributed by atoms with van der Waals surface area (Å²) in [6.45, 7) is 4.39. The lowest BCUT2D eigenvalue weighted by Gasteiger charge is -2.30. The number of amides is 4. The fraction of sp³-hybridized carbons (Fsp3) is 0.655. The molecule has 1 aromatic carbocycles. The van der Waals surface area contributed by atoms with Gasteiger partial charge < -0.3 is 35.2 Å². The van der Waals surface area contributed by atoms with Crippen LogP contribution in [0.4, 0.5) is 0 Å². The highest BCUT2D eigenvalue weighted by Gasteiger charge is 2.26. The molecule has 2 bridgehead atoms. The minimum atomic E-state index is -0.707. The highest BCUT2D eigenvalue weighted by atomic mass is 16.5. The summed E-state index contributed by atoms with van der Waals surface area (Å²) in [7, 11) is 3.23. The molecular formula is C29H45N5O6. The Hall–Kier alpha value is -3.34. The predicted molar refractivity (Wildman–Crippen MR) is 151 cm³/mol. The summed E-state index contributed by atoms with van der Waals surface area (Å²) in [5, 5.41) is 9.01. The molecule has 40 heavy (non-hydrogen) atoms. The van der Waals surface area contributed by atoms with Gasteiger partial charge in [0.15, 0.2) is 18.1 Å². The standard InChI is InChI=1S/C29H45N5O6/c1-21-28(37)33(2)16-6-7-17-34(29(38)23-9-4-5-14-30-23)18-8-15-31-26(35)13-11-22-10-12-24(39-3)25(19-22)40-20-27(36)32-21/h10,12,19,21,23,30H,4-9,11,13-18,20H2,1-3H3,(H,31,35)(H,32,36)/t21-,23+/m0/s1. The van der Waals surface area contributed by atoms with E-state index < -0.39 is 11.9 Å². The molecule has 0 radical (unpaired) electrons. The van der Waals surface area contributed by atoms with Gasteiger partial charge >= 0.3 is 0 Å². The van der Waals surface area contributed by atoms with Crippen molar-refractivity contribution in [1.29, 1.82) is 0 Å². The van der Waals surface area contributed by atoms with E-state index in [1.54, 1.807) is 31.0 Å². The molecule has 3 N–H and O–H groups in total. The van der Waals surface area contributed by atoms with E-state index in [0.29, 0.717) is 56.9 Å². The van der Waals surface area contributed by atoms with Crippen molar-refractivity contribution in [3.63, 3.8) is 0 Å². The van der Waals surface area contributed by atoms with Crippen LogP contribution in [0.1, 0.15) is 57.4 Å². The number of ether oxygens (including phenoxy) is 2. The molecule has 2 aliphatic heterocycles. The zero-order valence-electron chi connectivity index (χ0n) is 24.1. The van der Waals surface area contributed by atoms with Crippen LogP contribution in [0.15, 0.2) is 18.2 Å². The van der Waals surface area contributed by atoms with Gasteiger partial charge in [0.2, 0.25) is 17.7 Å². The Morgan fingerprint density at radius 1 is 0.975 bits per heavy atom. The van der Waals surface area contributed by atoms with E-state index in [1.807, 2.05) is 11.0 Å². The van der Waals surface area contributed by atoms with E-state index in [9.17, 15) is 19.2 Å². The molecule has 3 rings (SSSR count). The lowest BCUT2D eigenvalue weighted by molar-refractivity contribution is -0.135. The second-order valence-electron chi connectivity index (χ2n) is 10.6. The molecule has 1 saturated heterocycles. The van der Waals surface area contributed by atoms with Crippen LogP contribution in [0.2, 0.25) is 0 Å². The first-order chi connectivity index (χ1) is 19.3. The average Bonchev–Trinajstić information content (AvgIpc) is 2.97. The summed E-state index contributed by atoms with van der Waals surface area (Å²) in [4.78, 5) is 54.6. The van der Waals surface area contributed by atoms with E-state index in [-0.39, 0.29) is 30.4 Å². The number of nitrogens with zero attached hydrogens (tertiary/aromatic N) is 2. The van der Waals surface area contributed by atoms with Crippen LogP contribution in [0.25, 0.3) is 0 Å². The first kappa shape index (κ1) is 31.2. The molecular weight excluding hydrogens is 514 g/mol. The van der Waals surface area contributed by atoms with Crippen LogP contribution < -0.4 is 25.4 Å². The maximum Gasteiger partial charge on any atom is 0.258 e. The number of hydrogen-bond acceptors (Lipinski definition) is 7. The number of piperidine rings is 1. The van der Waals surface area contributed by atoms with Crippen LogP contribution in [0.5, 0.6) is 11.5 Å². The second-order valence-corrected chi connectivity index (χ2v) is 10.6. The predicted octanol–water partition coefficient (Wildman–Crippen LogP) is 1.24. The van der Waals surface area contributed by atoms with Crippen LogP contribution in [-0.4, -0.2) is 99.0 Å². The van der Waals surface area contributed by atoms with Crippen molar-refractivity contribution in [3.8, 4) is 11.5 Å². The van der Waals surface area contributed by atoms with Crippen molar-refractivity contribution in [2.75, 3.05) is 53.5 Å². The minimum absolute atomic E-state index is 0.0617. The summed E-state index contributed by atoms with van der Waals surface area (Å²) in [5.41, 5.74) is 0.871. The van der Waals surface area contributed by atoms with Crippen LogP contribution in [0, 0.1) is 0 Å². The Balaban J connectivity index is 1.68. The van der Waals surface area contributed by atoms with Gasteiger partial charge in [-0.3, -0.25) is 19.2 Å². The van der Waals surface area contributed by atoms with Crippen LogP contribution >= 0.6 is 0 Å². The van der Waals surface area contributed by atoms with Crippen molar-refractivity contribution in [2.45, 2.75) is 70.4 Å². The first-order valence-corrected chi connectivity index (χ1v) is 14.4. The quantitative estimate of drug-likeness (QED) is 0.497. The monoisotopic (exact) mass is 559 g/mol. The van der Waals surface area contributed by atoms with E-state index in [1.165, 1.54) is 7.11 Å². The molecule has 4 amide bonds. The maximum atomic E-state index is 13.2. The summed E-state index contributed by atoms with van der Waals surface area (Å²) in [6, 6.07) is 4.50. The van der Waals surface area contributed by atoms with Gasteiger partial charge in [-0.05, 0) is 69.7 Å². The van der Waals surface area contributed by atoms with Crippen LogP contribution in [-0.2, 0) is 25.6 Å². The van der Waals surface area contributed by atoms with E-state index in [2.05, 4.69) is 16.0 Å². The average molecular weight is 560 g/mol. The number of carbonyl (C=O) groups excluding carboxylic acids is 4. The molecule has 0 spiro atoms. The number of methoxy groups -OCH3 is 1. The van der Waals surface area contributed by atoms with E-state index in [4.69, 9.17) is 9.47 Å². The largest absolute Gasteiger partial charge is 0.493 e. The molecule has 1 fully saturated rings. The highest BCUT2D eigenvalue weighted by molar-refractivity contribution is 5.87. The number of fused-ring (bicyclic) bond motifs is 2. The lowest BCUT2D eigenvalue weighted by atomic mass is 10.0. The Morgan fingerprint density at radius 2 is 1.75 bits per heavy atom. The molecule has 11 heteroatoms. The summed E-state index contributed by atoms with van der Waals surface area (Å²) in [6.07, 6.45) is 5.89. The summed E-state index contributed by atoms with van der Waals surface area (Å²) < 4.78 is 11.1. The van der Waals surface area contributed by atoms with Crippen molar-refractivity contribution in [3.05, 3.63) is 23.8 Å². The molecule has 0 unspecified atom stereocenters. The number of likely N-dealkylation sites (N-methyl/N-ethyl adjacent to an activating group) is 1. The van der Waals surface area contributed by atoms with Gasteiger partial charge in [0.1, 0.15) is 6.04 Å². The van der Waals surface area contributed by atoms with Gasteiger partial charge in [-0.25, -0.2) is 0 Å². The molecule has 222 valence electrons.